The molecule has 0 radical (unpaired) electrons. The molecule has 0 aromatic rings. The lowest BCUT2D eigenvalue weighted by Crippen LogP contribution is -2.36. The molecular formula is C11H15NO4S. The monoisotopic (exact) mass is 257 g/mol. The van der Waals surface area contributed by atoms with E-state index < -0.39 is 15.8 Å². The quantitative estimate of drug-likeness (QED) is 0.784. The summed E-state index contributed by atoms with van der Waals surface area (Å²) >= 11 is 0. The number of piperidine rings is 1. The summed E-state index contributed by atoms with van der Waals surface area (Å²) in [6.07, 6.45) is 4.52. The normalized spacial score (nSPS) is 24.5. The Bertz CT molecular complexity index is 470. The van der Waals surface area contributed by atoms with Crippen LogP contribution in [0.15, 0.2) is 23.3 Å². The second-order valence-corrected chi connectivity index (χ2v) is 6.29. The fraction of sp³-hybridized carbons (Fsp3) is 0.545. The van der Waals surface area contributed by atoms with E-state index in [0.29, 0.717) is 25.9 Å². The number of carbonyl (C=O) groups is 1. The van der Waals surface area contributed by atoms with Crippen LogP contribution in [0.2, 0.25) is 0 Å². The Morgan fingerprint density at radius 3 is 2.47 bits per heavy atom. The van der Waals surface area contributed by atoms with E-state index in [4.69, 9.17) is 5.11 Å². The number of allylic oxidation sites excluding steroid dienone is 1. The molecule has 5 nitrogen and oxygen atoms in total. The van der Waals surface area contributed by atoms with Crippen LogP contribution in [0.4, 0.5) is 0 Å². The number of nitrogens with zero attached hydrogens (tertiary/aromatic N) is 1. The Balaban J connectivity index is 1.97. The maximum Gasteiger partial charge on any atom is 0.306 e. The highest BCUT2D eigenvalue weighted by atomic mass is 32.2. The molecule has 0 atom stereocenters. The molecule has 94 valence electrons. The second-order valence-electron chi connectivity index (χ2n) is 4.36. The molecule has 0 aliphatic carbocycles. The first-order valence-electron chi connectivity index (χ1n) is 5.57. The van der Waals surface area contributed by atoms with Crippen molar-refractivity contribution in [2.45, 2.75) is 12.8 Å². The highest BCUT2D eigenvalue weighted by molar-refractivity contribution is 7.94. The standard InChI is InChI=1S/C11H15NO4S/c13-11(14)9-1-5-12(6-2-9)10-3-7-17(15,16)8-4-10/h3-4,7,9H,1-2,5-6,8H2,(H,13,14). The van der Waals surface area contributed by atoms with Gasteiger partial charge in [0, 0.05) is 24.2 Å². The summed E-state index contributed by atoms with van der Waals surface area (Å²) in [6, 6.07) is 0. The van der Waals surface area contributed by atoms with E-state index in [2.05, 4.69) is 0 Å². The summed E-state index contributed by atoms with van der Waals surface area (Å²) in [4.78, 5) is 12.8. The lowest BCUT2D eigenvalue weighted by Gasteiger charge is -2.33. The van der Waals surface area contributed by atoms with Crippen LogP contribution in [0.3, 0.4) is 0 Å². The summed E-state index contributed by atoms with van der Waals surface area (Å²) in [7, 11) is -3.06. The molecular weight excluding hydrogens is 242 g/mol. The average molecular weight is 257 g/mol. The topological polar surface area (TPSA) is 74.7 Å². The van der Waals surface area contributed by atoms with Crippen LogP contribution >= 0.6 is 0 Å². The molecule has 0 saturated carbocycles. The van der Waals surface area contributed by atoms with Gasteiger partial charge in [0.25, 0.3) is 0 Å². The number of hydrogen-bond donors (Lipinski definition) is 1. The first-order valence-corrected chi connectivity index (χ1v) is 7.28. The largest absolute Gasteiger partial charge is 0.481 e. The fourth-order valence-corrected chi connectivity index (χ4v) is 2.98. The van der Waals surface area contributed by atoms with Gasteiger partial charge in [-0.15, -0.1) is 0 Å². The lowest BCUT2D eigenvalue weighted by molar-refractivity contribution is -0.143. The Hall–Kier alpha value is -1.30. The predicted molar refractivity (Wildman–Crippen MR) is 62.9 cm³/mol. The van der Waals surface area contributed by atoms with Gasteiger partial charge in [0.05, 0.1) is 11.7 Å². The van der Waals surface area contributed by atoms with Gasteiger partial charge < -0.3 is 10.0 Å². The molecule has 6 heteroatoms. The van der Waals surface area contributed by atoms with Gasteiger partial charge in [-0.25, -0.2) is 8.42 Å². The van der Waals surface area contributed by atoms with E-state index in [1.807, 2.05) is 4.90 Å². The molecule has 2 rings (SSSR count). The molecule has 1 saturated heterocycles. The van der Waals surface area contributed by atoms with E-state index in [0.717, 1.165) is 5.70 Å². The zero-order valence-electron chi connectivity index (χ0n) is 9.37. The zero-order chi connectivity index (χ0) is 12.5. The number of aliphatic carboxylic acids is 1. The smallest absolute Gasteiger partial charge is 0.306 e. The second kappa shape index (κ2) is 4.52. The number of hydrogen-bond acceptors (Lipinski definition) is 4. The van der Waals surface area contributed by atoms with Crippen molar-refractivity contribution in [3.8, 4) is 0 Å². The van der Waals surface area contributed by atoms with Gasteiger partial charge in [-0.2, -0.15) is 0 Å². The molecule has 0 amide bonds. The van der Waals surface area contributed by atoms with Crippen LogP contribution in [-0.4, -0.2) is 43.2 Å². The van der Waals surface area contributed by atoms with E-state index >= 15 is 0 Å². The Labute approximate surface area is 100 Å². The van der Waals surface area contributed by atoms with Crippen molar-refractivity contribution in [2.75, 3.05) is 18.8 Å². The first kappa shape index (κ1) is 12.2. The van der Waals surface area contributed by atoms with Gasteiger partial charge in [-0.1, -0.05) is 0 Å². The van der Waals surface area contributed by atoms with Crippen molar-refractivity contribution in [1.82, 2.24) is 4.90 Å². The van der Waals surface area contributed by atoms with Crippen LogP contribution in [0.1, 0.15) is 12.8 Å². The molecule has 0 spiro atoms. The van der Waals surface area contributed by atoms with Crippen molar-refractivity contribution in [3.63, 3.8) is 0 Å². The summed E-state index contributed by atoms with van der Waals surface area (Å²) in [5.74, 6) is -0.957. The maximum absolute atomic E-state index is 11.2. The highest BCUT2D eigenvalue weighted by Crippen LogP contribution is 2.22. The Morgan fingerprint density at radius 1 is 1.35 bits per heavy atom. The van der Waals surface area contributed by atoms with Gasteiger partial charge in [0.2, 0.25) is 0 Å². The molecule has 0 aromatic heterocycles. The molecule has 0 aromatic carbocycles. The van der Waals surface area contributed by atoms with E-state index in [-0.39, 0.29) is 11.7 Å². The van der Waals surface area contributed by atoms with Crippen LogP contribution in [-0.2, 0) is 14.6 Å². The molecule has 1 N–H and O–H groups in total. The number of likely N-dealkylation sites (tertiary alicyclic amines) is 1. The SMILES string of the molecule is O=C(O)C1CCN(C2=CCS(=O)(=O)C=C2)CC1. The van der Waals surface area contributed by atoms with E-state index in [9.17, 15) is 13.2 Å². The van der Waals surface area contributed by atoms with Crippen LogP contribution in [0, 0.1) is 5.92 Å². The highest BCUT2D eigenvalue weighted by Gasteiger charge is 2.25. The van der Waals surface area contributed by atoms with Crippen molar-refractivity contribution < 1.29 is 18.3 Å². The Kier molecular flexibility index (Phi) is 3.24. The van der Waals surface area contributed by atoms with Crippen molar-refractivity contribution in [3.05, 3.63) is 23.3 Å². The third kappa shape index (κ3) is 2.88. The zero-order valence-corrected chi connectivity index (χ0v) is 10.2. The summed E-state index contributed by atoms with van der Waals surface area (Å²) < 4.78 is 22.4. The average Bonchev–Trinajstić information content (AvgIpc) is 2.29. The molecule has 0 bridgehead atoms. The minimum atomic E-state index is -3.06. The van der Waals surface area contributed by atoms with Crippen molar-refractivity contribution >= 4 is 15.8 Å². The van der Waals surface area contributed by atoms with E-state index in [1.54, 1.807) is 12.2 Å². The predicted octanol–water partition coefficient (Wildman–Crippen LogP) is 0.609. The number of carboxylic acids is 1. The van der Waals surface area contributed by atoms with Crippen LogP contribution in [0.25, 0.3) is 0 Å². The van der Waals surface area contributed by atoms with Gasteiger partial charge >= 0.3 is 5.97 Å². The summed E-state index contributed by atoms with van der Waals surface area (Å²) in [5, 5.41) is 10.1. The molecule has 2 heterocycles. The molecule has 1 fully saturated rings. The number of rotatable bonds is 2. The molecule has 17 heavy (non-hydrogen) atoms. The van der Waals surface area contributed by atoms with Gasteiger partial charge in [0.15, 0.2) is 9.84 Å². The van der Waals surface area contributed by atoms with Gasteiger partial charge in [-0.05, 0) is 25.0 Å². The lowest BCUT2D eigenvalue weighted by atomic mass is 9.97. The minimum Gasteiger partial charge on any atom is -0.481 e. The third-order valence-corrected chi connectivity index (χ3v) is 4.36. The molecule has 2 aliphatic heterocycles. The maximum atomic E-state index is 11.2. The summed E-state index contributed by atoms with van der Waals surface area (Å²) in [6.45, 7) is 1.35. The van der Waals surface area contributed by atoms with Crippen LogP contribution < -0.4 is 0 Å². The van der Waals surface area contributed by atoms with Gasteiger partial charge in [0.1, 0.15) is 0 Å². The van der Waals surface area contributed by atoms with Gasteiger partial charge in [-0.3, -0.25) is 4.79 Å². The third-order valence-electron chi connectivity index (χ3n) is 3.18. The van der Waals surface area contributed by atoms with Crippen molar-refractivity contribution in [2.24, 2.45) is 5.92 Å². The number of sulfone groups is 1. The minimum absolute atomic E-state index is 0.0394. The molecule has 2 aliphatic rings. The van der Waals surface area contributed by atoms with E-state index in [1.165, 1.54) is 5.41 Å². The molecule has 0 unspecified atom stereocenters. The Morgan fingerprint density at radius 2 is 2.00 bits per heavy atom. The first-order chi connectivity index (χ1) is 7.98. The van der Waals surface area contributed by atoms with Crippen molar-refractivity contribution in [1.29, 1.82) is 0 Å². The number of carboxylic acid groups (broad SMARTS) is 1. The van der Waals surface area contributed by atoms with Crippen LogP contribution in [0.5, 0.6) is 0 Å². The summed E-state index contributed by atoms with van der Waals surface area (Å²) in [5.41, 5.74) is 0.892. The fourth-order valence-electron chi connectivity index (χ4n) is 2.12.